The van der Waals surface area contributed by atoms with Gasteiger partial charge in [0, 0.05) is 50.9 Å². The van der Waals surface area contributed by atoms with Gasteiger partial charge in [-0.05, 0) is 76.2 Å². The molecule has 4 heterocycles. The normalized spacial score (nSPS) is 11.6. The van der Waals surface area contributed by atoms with Gasteiger partial charge in [0.2, 0.25) is 0 Å². The van der Waals surface area contributed by atoms with Crippen LogP contribution in [0.25, 0.3) is 106 Å². The maximum absolute atomic E-state index is 6.43. The molecule has 12 aromatic rings. The van der Waals surface area contributed by atoms with Gasteiger partial charge in [-0.3, -0.25) is 4.57 Å². The highest BCUT2D eigenvalue weighted by molar-refractivity contribution is 6.27. The molecule has 0 N–H and O–H groups in total. The van der Waals surface area contributed by atoms with E-state index in [0.29, 0.717) is 30.3 Å². The number of rotatable bonds is 9. The van der Waals surface area contributed by atoms with Crippen LogP contribution in [-0.2, 0) is 12.8 Å². The van der Waals surface area contributed by atoms with Crippen LogP contribution >= 0.6 is 0 Å². The van der Waals surface area contributed by atoms with E-state index < -0.39 is 0 Å². The fourth-order valence-electron chi connectivity index (χ4n) is 9.21. The van der Waals surface area contributed by atoms with E-state index in [9.17, 15) is 0 Å². The maximum atomic E-state index is 6.43. The minimum absolute atomic E-state index is 0.559. The van der Waals surface area contributed by atoms with Gasteiger partial charge in [0.1, 0.15) is 22.8 Å². The number of benzene rings is 8. The largest absolute Gasteiger partial charge is 0.456 e. The quantitative estimate of drug-likeness (QED) is 0.145. The highest BCUT2D eigenvalue weighted by Gasteiger charge is 2.22. The van der Waals surface area contributed by atoms with Crippen molar-refractivity contribution in [2.75, 3.05) is 0 Å². The van der Waals surface area contributed by atoms with E-state index in [1.165, 1.54) is 0 Å². The second-order valence-electron chi connectivity index (χ2n) is 16.1. The Bertz CT molecular complexity index is 3600. The zero-order valence-corrected chi connectivity index (χ0v) is 34.8. The molecule has 12 rings (SSSR count). The SMILES string of the molecule is c1ccc(-c2ccc(-c3ccccc3)c(-c3cnc(-n4c5ccccc5c5c6c(ccc54)oc4ccccc46)c(CCc4nc(-c5ccccc5)nc(-c5ccccc5)n4)c3)c2)cc1. The maximum Gasteiger partial charge on any atom is 0.163 e. The number of furan rings is 1. The minimum atomic E-state index is 0.559. The van der Waals surface area contributed by atoms with Crippen molar-refractivity contribution in [2.45, 2.75) is 12.8 Å². The molecule has 0 aliphatic carbocycles. The molecule has 0 amide bonds. The van der Waals surface area contributed by atoms with Crippen LogP contribution < -0.4 is 0 Å². The summed E-state index contributed by atoms with van der Waals surface area (Å²) < 4.78 is 8.76. The Morgan fingerprint density at radius 2 is 1.00 bits per heavy atom. The van der Waals surface area contributed by atoms with E-state index in [0.717, 1.165) is 99.6 Å². The summed E-state index contributed by atoms with van der Waals surface area (Å²) in [4.78, 5) is 20.7. The number of hydrogen-bond acceptors (Lipinski definition) is 5. The van der Waals surface area contributed by atoms with Crippen LogP contribution in [0.4, 0.5) is 0 Å². The van der Waals surface area contributed by atoms with Crippen molar-refractivity contribution in [1.82, 2.24) is 24.5 Å². The van der Waals surface area contributed by atoms with Gasteiger partial charge < -0.3 is 4.42 Å². The molecule has 4 aromatic heterocycles. The lowest BCUT2D eigenvalue weighted by molar-refractivity contribution is 0.669. The van der Waals surface area contributed by atoms with Gasteiger partial charge in [0.05, 0.1) is 11.0 Å². The van der Waals surface area contributed by atoms with E-state index in [1.54, 1.807) is 0 Å². The van der Waals surface area contributed by atoms with Gasteiger partial charge in [-0.25, -0.2) is 19.9 Å². The average molecular weight is 822 g/mol. The number of nitrogens with zero attached hydrogens (tertiary/aromatic N) is 5. The third-order valence-corrected chi connectivity index (χ3v) is 12.2. The van der Waals surface area contributed by atoms with Crippen molar-refractivity contribution in [3.05, 3.63) is 224 Å². The van der Waals surface area contributed by atoms with Crippen LogP contribution in [0.5, 0.6) is 0 Å². The molecule has 6 nitrogen and oxygen atoms in total. The smallest absolute Gasteiger partial charge is 0.163 e. The number of aromatic nitrogens is 5. The summed E-state index contributed by atoms with van der Waals surface area (Å²) in [5, 5.41) is 4.50. The average Bonchev–Trinajstić information content (AvgIpc) is 3.92. The molecule has 0 saturated heterocycles. The zero-order valence-electron chi connectivity index (χ0n) is 34.8. The fourth-order valence-corrected chi connectivity index (χ4v) is 9.21. The fraction of sp³-hybridized carbons (Fsp3) is 0.0345. The third kappa shape index (κ3) is 6.60. The highest BCUT2D eigenvalue weighted by atomic mass is 16.3. The van der Waals surface area contributed by atoms with Crippen LogP contribution in [0.2, 0.25) is 0 Å². The van der Waals surface area contributed by atoms with Crippen LogP contribution in [0.1, 0.15) is 11.4 Å². The Morgan fingerprint density at radius 3 is 1.70 bits per heavy atom. The predicted octanol–water partition coefficient (Wildman–Crippen LogP) is 14.4. The predicted molar refractivity (Wildman–Crippen MR) is 260 cm³/mol. The topological polar surface area (TPSA) is 69.6 Å². The third-order valence-electron chi connectivity index (χ3n) is 12.2. The van der Waals surface area contributed by atoms with Crippen molar-refractivity contribution in [2.24, 2.45) is 0 Å². The van der Waals surface area contributed by atoms with Crippen LogP contribution in [0.3, 0.4) is 0 Å². The Balaban J connectivity index is 1.08. The monoisotopic (exact) mass is 821 g/mol. The van der Waals surface area contributed by atoms with Gasteiger partial charge in [-0.2, -0.15) is 0 Å². The van der Waals surface area contributed by atoms with Crippen LogP contribution in [-0.4, -0.2) is 24.5 Å². The molecule has 302 valence electrons. The van der Waals surface area contributed by atoms with Crippen molar-refractivity contribution >= 4 is 43.7 Å². The molecule has 6 heteroatoms. The first kappa shape index (κ1) is 37.3. The molecular weight excluding hydrogens is 783 g/mol. The summed E-state index contributed by atoms with van der Waals surface area (Å²) in [6.07, 6.45) is 3.22. The molecule has 0 bridgehead atoms. The first-order valence-electron chi connectivity index (χ1n) is 21.7. The molecule has 0 atom stereocenters. The molecule has 0 unspecified atom stereocenters. The molecule has 8 aromatic carbocycles. The lowest BCUT2D eigenvalue weighted by Crippen LogP contribution is -2.08. The number of para-hydroxylation sites is 2. The van der Waals surface area contributed by atoms with Crippen molar-refractivity contribution in [3.8, 4) is 62.0 Å². The first-order chi connectivity index (χ1) is 31.7. The Morgan fingerprint density at radius 1 is 0.391 bits per heavy atom. The standard InChI is InChI=1S/C58H39N5O/c1-5-17-38(18-6-1)42-29-31-45(39-19-7-2-8-20-39)48(36-42)44-35-43(30-34-53-60-56(40-21-9-3-10-22-40)62-57(61-53)41-23-11-4-12-24-41)58(59-37-44)63-49-27-15-13-25-46(49)54-50(63)32-33-52-55(54)47-26-14-16-28-51(47)64-52/h1-29,31-33,35-37H,30,34H2. The number of aryl methyl sites for hydroxylation is 2. The van der Waals surface area contributed by atoms with E-state index in [2.05, 4.69) is 162 Å². The number of pyridine rings is 1. The number of fused-ring (bicyclic) bond motifs is 7. The summed E-state index contributed by atoms with van der Waals surface area (Å²) in [5.41, 5.74) is 13.6. The lowest BCUT2D eigenvalue weighted by atomic mass is 9.91. The second-order valence-corrected chi connectivity index (χ2v) is 16.1. The molecular formula is C58H39N5O. The Labute approximate surface area is 369 Å². The Kier molecular flexibility index (Phi) is 9.19. The van der Waals surface area contributed by atoms with E-state index in [-0.39, 0.29) is 0 Å². The van der Waals surface area contributed by atoms with Gasteiger partial charge in [-0.15, -0.1) is 0 Å². The van der Waals surface area contributed by atoms with Gasteiger partial charge in [0.25, 0.3) is 0 Å². The molecule has 0 fully saturated rings. The number of hydrogen-bond donors (Lipinski definition) is 0. The molecule has 0 spiro atoms. The minimum Gasteiger partial charge on any atom is -0.456 e. The molecule has 0 aliphatic rings. The van der Waals surface area contributed by atoms with Gasteiger partial charge in [-0.1, -0.05) is 170 Å². The van der Waals surface area contributed by atoms with Crippen LogP contribution in [0.15, 0.2) is 217 Å². The molecule has 0 saturated carbocycles. The van der Waals surface area contributed by atoms with E-state index in [4.69, 9.17) is 24.4 Å². The van der Waals surface area contributed by atoms with Crippen molar-refractivity contribution in [1.29, 1.82) is 0 Å². The summed E-state index contributed by atoms with van der Waals surface area (Å²) >= 11 is 0. The molecule has 0 radical (unpaired) electrons. The summed E-state index contributed by atoms with van der Waals surface area (Å²) in [7, 11) is 0. The molecule has 0 aliphatic heterocycles. The summed E-state index contributed by atoms with van der Waals surface area (Å²) in [6, 6.07) is 71.8. The van der Waals surface area contributed by atoms with E-state index in [1.807, 2.05) is 54.7 Å². The van der Waals surface area contributed by atoms with Gasteiger partial charge >= 0.3 is 0 Å². The van der Waals surface area contributed by atoms with Crippen molar-refractivity contribution < 1.29 is 4.42 Å². The second kappa shape index (κ2) is 15.8. The zero-order chi connectivity index (χ0) is 42.4. The molecule has 64 heavy (non-hydrogen) atoms. The first-order valence-corrected chi connectivity index (χ1v) is 21.7. The lowest BCUT2D eigenvalue weighted by Gasteiger charge is -2.17. The van der Waals surface area contributed by atoms with Crippen molar-refractivity contribution in [3.63, 3.8) is 0 Å². The summed E-state index contributed by atoms with van der Waals surface area (Å²) in [5.74, 6) is 2.89. The highest BCUT2D eigenvalue weighted by Crippen LogP contribution is 2.42. The summed E-state index contributed by atoms with van der Waals surface area (Å²) in [6.45, 7) is 0. The van der Waals surface area contributed by atoms with E-state index >= 15 is 0 Å². The van der Waals surface area contributed by atoms with Gasteiger partial charge in [0.15, 0.2) is 11.6 Å². The van der Waals surface area contributed by atoms with Crippen LogP contribution in [0, 0.1) is 0 Å². The Hall–Kier alpha value is -8.48.